The van der Waals surface area contributed by atoms with Crippen LogP contribution < -0.4 is 10.6 Å². The number of anilines is 2. The summed E-state index contributed by atoms with van der Waals surface area (Å²) in [6.45, 7) is 2.79. The van der Waals surface area contributed by atoms with E-state index in [2.05, 4.69) is 26.7 Å². The zero-order valence-corrected chi connectivity index (χ0v) is 17.8. The fraction of sp³-hybridized carbons (Fsp3) is 0.250. The van der Waals surface area contributed by atoms with Crippen molar-refractivity contribution >= 4 is 11.6 Å². The fourth-order valence-electron chi connectivity index (χ4n) is 3.61. The van der Waals surface area contributed by atoms with Gasteiger partial charge < -0.3 is 15.5 Å². The minimum Gasteiger partial charge on any atom is -0.368 e. The van der Waals surface area contributed by atoms with Crippen LogP contribution in [-0.4, -0.2) is 48.1 Å². The minimum absolute atomic E-state index is 0.0652. The number of nitrogen functional groups attached to an aromatic ring is 1. The lowest BCUT2D eigenvalue weighted by molar-refractivity contribution is -0.137. The van der Waals surface area contributed by atoms with Crippen molar-refractivity contribution in [1.29, 1.82) is 0 Å². The molecule has 0 saturated carbocycles. The van der Waals surface area contributed by atoms with Crippen LogP contribution in [0.3, 0.4) is 0 Å². The third-order valence-corrected chi connectivity index (χ3v) is 5.45. The van der Waals surface area contributed by atoms with Crippen LogP contribution in [0.2, 0.25) is 0 Å². The molecule has 2 heterocycles. The van der Waals surface area contributed by atoms with Gasteiger partial charge in [0, 0.05) is 61.0 Å². The van der Waals surface area contributed by atoms with Crippen molar-refractivity contribution in [2.24, 2.45) is 0 Å². The first kappa shape index (κ1) is 22.6. The molecule has 0 bridgehead atoms. The molecule has 9 heteroatoms. The molecular weight excluding hydrogens is 434 g/mol. The standard InChI is InChI=1S/C24H21F4N5/c1-32-8-10-33(11-9-32)22-7-5-18(24(26,27)28)13-20(22)19-12-16(4-6-21(19)25)2-3-17-14-30-23(29)31-15-17/h4-7,12-15H,8-11H2,1H3,(H2,29,30,31). The molecule has 33 heavy (non-hydrogen) atoms. The summed E-state index contributed by atoms with van der Waals surface area (Å²) < 4.78 is 55.3. The monoisotopic (exact) mass is 455 g/mol. The smallest absolute Gasteiger partial charge is 0.368 e. The quantitative estimate of drug-likeness (QED) is 0.467. The number of benzene rings is 2. The first-order chi connectivity index (χ1) is 15.7. The summed E-state index contributed by atoms with van der Waals surface area (Å²) in [5.74, 6) is 5.24. The number of alkyl halides is 3. The van der Waals surface area contributed by atoms with Gasteiger partial charge in [0.25, 0.3) is 0 Å². The van der Waals surface area contributed by atoms with E-state index in [0.29, 0.717) is 29.9 Å². The highest BCUT2D eigenvalue weighted by atomic mass is 19.4. The molecule has 1 fully saturated rings. The Labute approximate surface area is 188 Å². The molecule has 0 amide bonds. The van der Waals surface area contributed by atoms with E-state index in [1.54, 1.807) is 0 Å². The zero-order valence-electron chi connectivity index (χ0n) is 17.8. The molecule has 3 aromatic rings. The Morgan fingerprint density at radius 2 is 1.55 bits per heavy atom. The summed E-state index contributed by atoms with van der Waals surface area (Å²) in [6.07, 6.45) is -1.63. The molecule has 0 spiro atoms. The SMILES string of the molecule is CN1CCN(c2ccc(C(F)(F)F)cc2-c2cc(C#Cc3cnc(N)nc3)ccc2F)CC1. The van der Waals surface area contributed by atoms with Gasteiger partial charge in [-0.15, -0.1) is 0 Å². The normalized spacial score (nSPS) is 14.6. The fourth-order valence-corrected chi connectivity index (χ4v) is 3.61. The van der Waals surface area contributed by atoms with Gasteiger partial charge in [-0.05, 0) is 43.4 Å². The Kier molecular flexibility index (Phi) is 6.20. The van der Waals surface area contributed by atoms with Gasteiger partial charge in [-0.1, -0.05) is 11.8 Å². The number of piperazine rings is 1. The second kappa shape index (κ2) is 9.08. The van der Waals surface area contributed by atoms with Gasteiger partial charge in [-0.2, -0.15) is 13.2 Å². The van der Waals surface area contributed by atoms with E-state index in [0.717, 1.165) is 25.2 Å². The molecule has 0 atom stereocenters. The van der Waals surface area contributed by atoms with Crippen molar-refractivity contribution in [3.8, 4) is 23.0 Å². The first-order valence-corrected chi connectivity index (χ1v) is 10.2. The van der Waals surface area contributed by atoms with Crippen molar-refractivity contribution in [1.82, 2.24) is 14.9 Å². The van der Waals surface area contributed by atoms with Crippen LogP contribution in [0.4, 0.5) is 29.2 Å². The van der Waals surface area contributed by atoms with E-state index < -0.39 is 17.6 Å². The number of nitrogens with two attached hydrogens (primary N) is 1. The Balaban J connectivity index is 1.78. The molecule has 1 saturated heterocycles. The Morgan fingerprint density at radius 1 is 0.879 bits per heavy atom. The Morgan fingerprint density at radius 3 is 2.21 bits per heavy atom. The highest BCUT2D eigenvalue weighted by molar-refractivity contribution is 5.81. The van der Waals surface area contributed by atoms with Gasteiger partial charge in [0.15, 0.2) is 0 Å². The maximum absolute atomic E-state index is 14.9. The average molecular weight is 455 g/mol. The van der Waals surface area contributed by atoms with Crippen LogP contribution in [0.25, 0.3) is 11.1 Å². The number of hydrogen-bond donors (Lipinski definition) is 1. The molecular formula is C24H21F4N5. The molecule has 4 rings (SSSR count). The summed E-state index contributed by atoms with van der Waals surface area (Å²) in [6, 6.07) is 7.64. The largest absolute Gasteiger partial charge is 0.416 e. The number of rotatable bonds is 2. The van der Waals surface area contributed by atoms with Crippen LogP contribution in [0.15, 0.2) is 48.8 Å². The van der Waals surface area contributed by atoms with Crippen molar-refractivity contribution in [2.45, 2.75) is 6.18 Å². The maximum Gasteiger partial charge on any atom is 0.416 e. The van der Waals surface area contributed by atoms with E-state index in [1.807, 2.05) is 11.9 Å². The van der Waals surface area contributed by atoms with Crippen molar-refractivity contribution in [3.63, 3.8) is 0 Å². The second-order valence-corrected chi connectivity index (χ2v) is 7.79. The molecule has 1 aliphatic rings. The van der Waals surface area contributed by atoms with Crippen molar-refractivity contribution < 1.29 is 17.6 Å². The molecule has 2 aromatic carbocycles. The Bertz CT molecular complexity index is 1200. The van der Waals surface area contributed by atoms with Gasteiger partial charge >= 0.3 is 6.18 Å². The topological polar surface area (TPSA) is 58.3 Å². The summed E-state index contributed by atoms with van der Waals surface area (Å²) in [5.41, 5.74) is 6.40. The van der Waals surface area contributed by atoms with Crippen LogP contribution >= 0.6 is 0 Å². The number of nitrogens with zero attached hydrogens (tertiary/aromatic N) is 4. The predicted molar refractivity (Wildman–Crippen MR) is 119 cm³/mol. The van der Waals surface area contributed by atoms with E-state index >= 15 is 0 Å². The number of likely N-dealkylation sites (N-methyl/N-ethyl adjacent to an activating group) is 1. The molecule has 1 aliphatic heterocycles. The van der Waals surface area contributed by atoms with Gasteiger partial charge in [-0.25, -0.2) is 14.4 Å². The van der Waals surface area contributed by atoms with Crippen LogP contribution in [0.5, 0.6) is 0 Å². The number of aromatic nitrogens is 2. The predicted octanol–water partition coefficient (Wildman–Crippen LogP) is 4.04. The van der Waals surface area contributed by atoms with E-state index in [1.165, 1.54) is 36.7 Å². The second-order valence-electron chi connectivity index (χ2n) is 7.79. The molecule has 5 nitrogen and oxygen atoms in total. The number of hydrogen-bond acceptors (Lipinski definition) is 5. The summed E-state index contributed by atoms with van der Waals surface area (Å²) in [5, 5.41) is 0. The molecule has 2 N–H and O–H groups in total. The Hall–Kier alpha value is -3.64. The van der Waals surface area contributed by atoms with Crippen LogP contribution in [0.1, 0.15) is 16.7 Å². The van der Waals surface area contributed by atoms with Crippen molar-refractivity contribution in [3.05, 3.63) is 71.3 Å². The van der Waals surface area contributed by atoms with Gasteiger partial charge in [0.2, 0.25) is 5.95 Å². The summed E-state index contributed by atoms with van der Waals surface area (Å²) >= 11 is 0. The molecule has 0 radical (unpaired) electrons. The lowest BCUT2D eigenvalue weighted by Gasteiger charge is -2.35. The van der Waals surface area contributed by atoms with Gasteiger partial charge in [-0.3, -0.25) is 0 Å². The zero-order chi connectivity index (χ0) is 23.6. The number of halogens is 4. The van der Waals surface area contributed by atoms with E-state index in [4.69, 9.17) is 5.73 Å². The van der Waals surface area contributed by atoms with Crippen molar-refractivity contribution in [2.75, 3.05) is 43.9 Å². The minimum atomic E-state index is -4.54. The third-order valence-electron chi connectivity index (χ3n) is 5.45. The third kappa shape index (κ3) is 5.23. The highest BCUT2D eigenvalue weighted by Crippen LogP contribution is 2.39. The van der Waals surface area contributed by atoms with E-state index in [-0.39, 0.29) is 17.1 Å². The van der Waals surface area contributed by atoms with Crippen LogP contribution in [0, 0.1) is 17.7 Å². The summed E-state index contributed by atoms with van der Waals surface area (Å²) in [4.78, 5) is 11.8. The lowest BCUT2D eigenvalue weighted by Crippen LogP contribution is -2.44. The van der Waals surface area contributed by atoms with Gasteiger partial charge in [0.1, 0.15) is 5.82 Å². The van der Waals surface area contributed by atoms with E-state index in [9.17, 15) is 17.6 Å². The van der Waals surface area contributed by atoms with Crippen LogP contribution in [-0.2, 0) is 6.18 Å². The molecule has 170 valence electrons. The first-order valence-electron chi connectivity index (χ1n) is 10.2. The molecule has 1 aromatic heterocycles. The van der Waals surface area contributed by atoms with Gasteiger partial charge in [0.05, 0.1) is 11.1 Å². The average Bonchev–Trinajstić information content (AvgIpc) is 2.79. The maximum atomic E-state index is 14.9. The lowest BCUT2D eigenvalue weighted by atomic mass is 9.97. The molecule has 0 aliphatic carbocycles. The summed E-state index contributed by atoms with van der Waals surface area (Å²) in [7, 11) is 1.99. The molecule has 0 unspecified atom stereocenters. The highest BCUT2D eigenvalue weighted by Gasteiger charge is 2.32.